The number of aromatic nitrogens is 2. The zero-order chi connectivity index (χ0) is 14.5. The van der Waals surface area contributed by atoms with E-state index in [1.807, 2.05) is 54.2 Å². The fraction of sp³-hybridized carbons (Fsp3) is 0.250. The van der Waals surface area contributed by atoms with E-state index in [2.05, 4.69) is 10.1 Å². The molecule has 0 spiro atoms. The summed E-state index contributed by atoms with van der Waals surface area (Å²) in [6.07, 6.45) is 4.36. The van der Waals surface area contributed by atoms with Gasteiger partial charge in [0.05, 0.1) is 30.2 Å². The van der Waals surface area contributed by atoms with E-state index >= 15 is 0 Å². The van der Waals surface area contributed by atoms with E-state index in [4.69, 9.17) is 9.25 Å². The molecule has 2 heterocycles. The topological polar surface area (TPSA) is 52.5 Å². The quantitative estimate of drug-likeness (QED) is 0.395. The van der Waals surface area contributed by atoms with Gasteiger partial charge in [-0.2, -0.15) is 0 Å². The first kappa shape index (κ1) is 13.4. The van der Waals surface area contributed by atoms with Crippen LogP contribution in [0.5, 0.6) is 0 Å². The van der Waals surface area contributed by atoms with Crippen LogP contribution in [0.2, 0.25) is 0 Å². The molecule has 5 nitrogen and oxygen atoms in total. The molecular formula is C16H17N3O2. The molecule has 0 saturated heterocycles. The number of para-hydroxylation sites is 2. The molecule has 0 bridgehead atoms. The number of furan rings is 1. The van der Waals surface area contributed by atoms with Gasteiger partial charge in [-0.3, -0.25) is 0 Å². The highest BCUT2D eigenvalue weighted by atomic mass is 16.6. The molecule has 5 heteroatoms. The van der Waals surface area contributed by atoms with Gasteiger partial charge in [-0.1, -0.05) is 24.2 Å². The van der Waals surface area contributed by atoms with Crippen molar-refractivity contribution >= 4 is 16.7 Å². The van der Waals surface area contributed by atoms with Crippen molar-refractivity contribution in [3.05, 3.63) is 54.7 Å². The maximum absolute atomic E-state index is 5.44. The third-order valence-corrected chi connectivity index (χ3v) is 3.12. The highest BCUT2D eigenvalue weighted by molar-refractivity contribution is 5.98. The standard InChI is InChI=1S/C16H17N3O2/c1-2-9-21-18-14(16-8-5-10-20-16)11-19-12-17-13-6-3-4-7-15(13)19/h3-8,10,12H,2,9,11H2,1H3/b18-14-. The summed E-state index contributed by atoms with van der Waals surface area (Å²) in [6.45, 7) is 3.19. The minimum absolute atomic E-state index is 0.553. The van der Waals surface area contributed by atoms with E-state index in [0.717, 1.165) is 23.2 Å². The first-order valence-electron chi connectivity index (χ1n) is 7.01. The van der Waals surface area contributed by atoms with E-state index in [-0.39, 0.29) is 0 Å². The van der Waals surface area contributed by atoms with Gasteiger partial charge < -0.3 is 13.8 Å². The van der Waals surface area contributed by atoms with Crippen molar-refractivity contribution in [3.8, 4) is 0 Å². The van der Waals surface area contributed by atoms with Crippen LogP contribution >= 0.6 is 0 Å². The fourth-order valence-corrected chi connectivity index (χ4v) is 2.11. The van der Waals surface area contributed by atoms with E-state index < -0.39 is 0 Å². The van der Waals surface area contributed by atoms with Crippen LogP contribution in [-0.4, -0.2) is 21.9 Å². The monoisotopic (exact) mass is 283 g/mol. The third kappa shape index (κ3) is 2.97. The molecule has 0 aliphatic heterocycles. The normalized spacial score (nSPS) is 12.0. The molecule has 0 N–H and O–H groups in total. The Morgan fingerprint density at radius 1 is 1.29 bits per heavy atom. The Balaban J connectivity index is 1.89. The second kappa shape index (κ2) is 6.26. The third-order valence-electron chi connectivity index (χ3n) is 3.12. The zero-order valence-electron chi connectivity index (χ0n) is 11.9. The molecule has 0 aliphatic carbocycles. The van der Waals surface area contributed by atoms with Gasteiger partial charge in [0.2, 0.25) is 0 Å². The molecule has 21 heavy (non-hydrogen) atoms. The van der Waals surface area contributed by atoms with Crippen LogP contribution < -0.4 is 0 Å². The molecule has 1 aromatic carbocycles. The van der Waals surface area contributed by atoms with Gasteiger partial charge in [-0.05, 0) is 30.7 Å². The lowest BCUT2D eigenvalue weighted by atomic mass is 10.2. The number of fused-ring (bicyclic) bond motifs is 1. The Bertz CT molecular complexity index is 729. The van der Waals surface area contributed by atoms with E-state index in [9.17, 15) is 0 Å². The number of hydrogen-bond donors (Lipinski definition) is 0. The minimum Gasteiger partial charge on any atom is -0.463 e. The van der Waals surface area contributed by atoms with Gasteiger partial charge in [-0.25, -0.2) is 4.98 Å². The largest absolute Gasteiger partial charge is 0.463 e. The minimum atomic E-state index is 0.553. The molecule has 0 radical (unpaired) electrons. The number of oxime groups is 1. The number of hydrogen-bond acceptors (Lipinski definition) is 4. The molecule has 108 valence electrons. The van der Waals surface area contributed by atoms with Crippen LogP contribution in [0.25, 0.3) is 11.0 Å². The van der Waals surface area contributed by atoms with Gasteiger partial charge >= 0.3 is 0 Å². The number of benzene rings is 1. The zero-order valence-corrected chi connectivity index (χ0v) is 11.9. The van der Waals surface area contributed by atoms with Crippen LogP contribution in [0, 0.1) is 0 Å². The van der Waals surface area contributed by atoms with E-state index in [1.165, 1.54) is 0 Å². The SMILES string of the molecule is CCCO/N=C(/Cn1cnc2ccccc21)c1ccco1. The molecule has 3 aromatic rings. The maximum atomic E-state index is 5.44. The smallest absolute Gasteiger partial charge is 0.153 e. The van der Waals surface area contributed by atoms with E-state index in [1.54, 1.807) is 6.26 Å². The Morgan fingerprint density at radius 3 is 3.00 bits per heavy atom. The Hall–Kier alpha value is -2.56. The van der Waals surface area contributed by atoms with Crippen molar-refractivity contribution in [3.63, 3.8) is 0 Å². The van der Waals surface area contributed by atoms with Crippen molar-refractivity contribution < 1.29 is 9.25 Å². The van der Waals surface area contributed by atoms with Crippen LogP contribution in [-0.2, 0) is 11.4 Å². The average molecular weight is 283 g/mol. The molecule has 0 fully saturated rings. The summed E-state index contributed by atoms with van der Waals surface area (Å²) < 4.78 is 7.48. The highest BCUT2D eigenvalue weighted by Gasteiger charge is 2.11. The lowest BCUT2D eigenvalue weighted by molar-refractivity contribution is 0.144. The van der Waals surface area contributed by atoms with Crippen LogP contribution in [0.3, 0.4) is 0 Å². The van der Waals surface area contributed by atoms with Crippen LogP contribution in [0.1, 0.15) is 19.1 Å². The summed E-state index contributed by atoms with van der Waals surface area (Å²) in [5.41, 5.74) is 2.77. The molecule has 0 atom stereocenters. The lowest BCUT2D eigenvalue weighted by Gasteiger charge is -2.06. The first-order valence-corrected chi connectivity index (χ1v) is 7.01. The summed E-state index contributed by atoms with van der Waals surface area (Å²) in [4.78, 5) is 9.71. The fourth-order valence-electron chi connectivity index (χ4n) is 2.11. The molecular weight excluding hydrogens is 266 g/mol. The van der Waals surface area contributed by atoms with Crippen molar-refractivity contribution in [1.29, 1.82) is 0 Å². The van der Waals surface area contributed by atoms with E-state index in [0.29, 0.717) is 18.9 Å². The Labute approximate surface area is 122 Å². The van der Waals surface area contributed by atoms with Crippen molar-refractivity contribution in [2.75, 3.05) is 6.61 Å². The van der Waals surface area contributed by atoms with Crippen molar-refractivity contribution in [2.45, 2.75) is 19.9 Å². The summed E-state index contributed by atoms with van der Waals surface area (Å²) >= 11 is 0. The maximum Gasteiger partial charge on any atom is 0.153 e. The van der Waals surface area contributed by atoms with Gasteiger partial charge in [0, 0.05) is 0 Å². The molecule has 2 aromatic heterocycles. The van der Waals surface area contributed by atoms with Crippen LogP contribution in [0.4, 0.5) is 0 Å². The van der Waals surface area contributed by atoms with Gasteiger partial charge in [0.15, 0.2) is 5.76 Å². The molecule has 0 aliphatic rings. The van der Waals surface area contributed by atoms with Gasteiger partial charge in [0.1, 0.15) is 12.3 Å². The predicted octanol–water partition coefficient (Wildman–Crippen LogP) is 3.46. The van der Waals surface area contributed by atoms with Gasteiger partial charge in [0.25, 0.3) is 0 Å². The summed E-state index contributed by atoms with van der Waals surface area (Å²) in [5.74, 6) is 0.712. The molecule has 0 amide bonds. The summed E-state index contributed by atoms with van der Waals surface area (Å²) in [5, 5.41) is 4.21. The average Bonchev–Trinajstić information content (AvgIpc) is 3.16. The first-order chi connectivity index (χ1) is 10.4. The number of rotatable bonds is 6. The molecule has 0 saturated carbocycles. The van der Waals surface area contributed by atoms with Crippen molar-refractivity contribution in [2.24, 2.45) is 5.16 Å². The Morgan fingerprint density at radius 2 is 2.19 bits per heavy atom. The summed E-state index contributed by atoms with van der Waals surface area (Å²) in [7, 11) is 0. The predicted molar refractivity (Wildman–Crippen MR) is 81.2 cm³/mol. The second-order valence-corrected chi connectivity index (χ2v) is 4.71. The molecule has 0 unspecified atom stereocenters. The Kier molecular flexibility index (Phi) is 4.00. The second-order valence-electron chi connectivity index (χ2n) is 4.71. The molecule has 3 rings (SSSR count). The van der Waals surface area contributed by atoms with Crippen LogP contribution in [0.15, 0.2) is 58.6 Å². The number of imidazole rings is 1. The lowest BCUT2D eigenvalue weighted by Crippen LogP contribution is -2.11. The highest BCUT2D eigenvalue weighted by Crippen LogP contribution is 2.14. The van der Waals surface area contributed by atoms with Gasteiger partial charge in [-0.15, -0.1) is 0 Å². The number of nitrogens with zero attached hydrogens (tertiary/aromatic N) is 3. The summed E-state index contributed by atoms with van der Waals surface area (Å²) in [6, 6.07) is 11.7. The van der Waals surface area contributed by atoms with Crippen molar-refractivity contribution in [1.82, 2.24) is 9.55 Å².